The van der Waals surface area contributed by atoms with Crippen LogP contribution in [-0.2, 0) is 0 Å². The van der Waals surface area contributed by atoms with Crippen LogP contribution in [0.25, 0.3) is 0 Å². The Morgan fingerprint density at radius 2 is 1.70 bits per heavy atom. The van der Waals surface area contributed by atoms with Crippen LogP contribution in [0.5, 0.6) is 0 Å². The van der Waals surface area contributed by atoms with Gasteiger partial charge in [0, 0.05) is 45.6 Å². The Bertz CT molecular complexity index is 368. The summed E-state index contributed by atoms with van der Waals surface area (Å²) >= 11 is 0. The monoisotopic (exact) mass is 282 g/mol. The van der Waals surface area contributed by atoms with E-state index in [9.17, 15) is 0 Å². The second-order valence-corrected chi connectivity index (χ2v) is 6.32. The summed E-state index contributed by atoms with van der Waals surface area (Å²) in [5, 5.41) is 3.73. The summed E-state index contributed by atoms with van der Waals surface area (Å²) in [6.07, 6.45) is 0. The molecule has 0 N–H and O–H groups in total. The van der Waals surface area contributed by atoms with Gasteiger partial charge in [-0.1, -0.05) is 32.9 Å². The first-order valence-corrected chi connectivity index (χ1v) is 7.59. The molecular weight excluding hydrogens is 252 g/mol. The van der Waals surface area contributed by atoms with Crippen molar-refractivity contribution < 1.29 is 4.52 Å². The van der Waals surface area contributed by atoms with Crippen molar-refractivity contribution in [1.29, 1.82) is 0 Å². The summed E-state index contributed by atoms with van der Waals surface area (Å²) in [6.45, 7) is 16.7. The van der Waals surface area contributed by atoms with E-state index in [-0.39, 0.29) is 0 Å². The van der Waals surface area contributed by atoms with Crippen molar-refractivity contribution in [2.24, 2.45) is 5.92 Å². The van der Waals surface area contributed by atoms with E-state index in [1.165, 1.54) is 32.7 Å². The minimum absolute atomic E-state index is 0.363. The fourth-order valence-electron chi connectivity index (χ4n) is 2.10. The number of hydrogen-bond donors (Lipinski definition) is 0. The Hall–Kier alpha value is -0.940. The first-order chi connectivity index (χ1) is 9.38. The molecule has 0 saturated carbocycles. The van der Waals surface area contributed by atoms with Crippen LogP contribution in [0, 0.1) is 12.8 Å². The highest BCUT2D eigenvalue weighted by molar-refractivity contribution is 4.89. The lowest BCUT2D eigenvalue weighted by Crippen LogP contribution is -2.45. The van der Waals surface area contributed by atoms with Crippen LogP contribution in [0.1, 0.15) is 45.3 Å². The standard InChI is InChI=1S/C9H20N2.C6H10N2O/c1-9(2)8-11-6-4-10(3)5-7-11;1-4(2)6-7-5(3)9-8-6/h9H,4-8H2,1-3H3;4H,1-3H3. The summed E-state index contributed by atoms with van der Waals surface area (Å²) in [5.74, 6) is 2.60. The predicted molar refractivity (Wildman–Crippen MR) is 81.9 cm³/mol. The Kier molecular flexibility index (Phi) is 7.16. The van der Waals surface area contributed by atoms with Crippen molar-refractivity contribution in [1.82, 2.24) is 19.9 Å². The molecule has 5 heteroatoms. The van der Waals surface area contributed by atoms with E-state index in [0.717, 1.165) is 11.7 Å². The third kappa shape index (κ3) is 6.48. The van der Waals surface area contributed by atoms with Crippen molar-refractivity contribution >= 4 is 0 Å². The lowest BCUT2D eigenvalue weighted by molar-refractivity contribution is 0.141. The van der Waals surface area contributed by atoms with E-state index in [1.807, 2.05) is 13.8 Å². The highest BCUT2D eigenvalue weighted by Crippen LogP contribution is 2.08. The average Bonchev–Trinajstić information content (AvgIpc) is 2.79. The zero-order valence-corrected chi connectivity index (χ0v) is 13.9. The van der Waals surface area contributed by atoms with Crippen molar-refractivity contribution in [3.05, 3.63) is 11.7 Å². The van der Waals surface area contributed by atoms with Gasteiger partial charge in [0.2, 0.25) is 5.89 Å². The Labute approximate surface area is 123 Å². The van der Waals surface area contributed by atoms with Crippen molar-refractivity contribution in [3.63, 3.8) is 0 Å². The molecule has 0 amide bonds. The van der Waals surface area contributed by atoms with Crippen LogP contribution in [-0.4, -0.2) is 59.7 Å². The van der Waals surface area contributed by atoms with Crippen LogP contribution in [0.15, 0.2) is 4.52 Å². The SMILES string of the molecule is CC(C)CN1CCN(C)CC1.Cc1nc(C(C)C)no1. The molecular formula is C15H30N4O. The normalized spacial score (nSPS) is 17.4. The summed E-state index contributed by atoms with van der Waals surface area (Å²) < 4.78 is 4.76. The highest BCUT2D eigenvalue weighted by atomic mass is 16.5. The van der Waals surface area contributed by atoms with E-state index in [2.05, 4.69) is 40.8 Å². The molecule has 1 aromatic heterocycles. The molecule has 1 aromatic rings. The maximum Gasteiger partial charge on any atom is 0.223 e. The largest absolute Gasteiger partial charge is 0.340 e. The smallest absolute Gasteiger partial charge is 0.223 e. The van der Waals surface area contributed by atoms with Crippen molar-refractivity contribution in [2.45, 2.75) is 40.5 Å². The predicted octanol–water partition coefficient (Wildman–Crippen LogP) is 2.39. The fraction of sp³-hybridized carbons (Fsp3) is 0.867. The van der Waals surface area contributed by atoms with E-state index < -0.39 is 0 Å². The first-order valence-electron chi connectivity index (χ1n) is 7.59. The van der Waals surface area contributed by atoms with Crippen LogP contribution >= 0.6 is 0 Å². The number of aromatic nitrogens is 2. The molecule has 0 radical (unpaired) electrons. The summed E-state index contributed by atoms with van der Waals surface area (Å²) in [4.78, 5) is 8.99. The molecule has 2 rings (SSSR count). The van der Waals surface area contributed by atoms with Gasteiger partial charge in [-0.05, 0) is 13.0 Å². The number of hydrogen-bond acceptors (Lipinski definition) is 5. The van der Waals surface area contributed by atoms with Gasteiger partial charge in [0.05, 0.1) is 0 Å². The van der Waals surface area contributed by atoms with E-state index in [4.69, 9.17) is 4.52 Å². The van der Waals surface area contributed by atoms with Crippen LogP contribution in [0.3, 0.4) is 0 Å². The third-order valence-corrected chi connectivity index (χ3v) is 3.28. The van der Waals surface area contributed by atoms with Crippen LogP contribution in [0.2, 0.25) is 0 Å². The summed E-state index contributed by atoms with van der Waals surface area (Å²) in [5.41, 5.74) is 0. The van der Waals surface area contributed by atoms with E-state index in [0.29, 0.717) is 11.8 Å². The van der Waals surface area contributed by atoms with Gasteiger partial charge in [-0.2, -0.15) is 4.98 Å². The molecule has 116 valence electrons. The van der Waals surface area contributed by atoms with Gasteiger partial charge in [-0.15, -0.1) is 0 Å². The molecule has 1 aliphatic rings. The molecule has 0 aliphatic carbocycles. The minimum Gasteiger partial charge on any atom is -0.340 e. The molecule has 20 heavy (non-hydrogen) atoms. The summed E-state index contributed by atoms with van der Waals surface area (Å²) in [6, 6.07) is 0. The number of piperazine rings is 1. The van der Waals surface area contributed by atoms with Crippen LogP contribution < -0.4 is 0 Å². The van der Waals surface area contributed by atoms with Gasteiger partial charge in [0.15, 0.2) is 5.82 Å². The number of likely N-dealkylation sites (N-methyl/N-ethyl adjacent to an activating group) is 1. The summed E-state index contributed by atoms with van der Waals surface area (Å²) in [7, 11) is 2.20. The molecule has 5 nitrogen and oxygen atoms in total. The van der Waals surface area contributed by atoms with Gasteiger partial charge in [0.1, 0.15) is 0 Å². The molecule has 0 atom stereocenters. The Balaban J connectivity index is 0.000000204. The molecule has 0 bridgehead atoms. The average molecular weight is 282 g/mol. The quantitative estimate of drug-likeness (QED) is 0.852. The molecule has 1 fully saturated rings. The maximum absolute atomic E-state index is 4.76. The zero-order valence-electron chi connectivity index (χ0n) is 13.9. The van der Waals surface area contributed by atoms with E-state index in [1.54, 1.807) is 6.92 Å². The first kappa shape index (κ1) is 17.1. The Morgan fingerprint density at radius 3 is 2.05 bits per heavy atom. The second-order valence-electron chi connectivity index (χ2n) is 6.32. The van der Waals surface area contributed by atoms with Gasteiger partial charge < -0.3 is 14.3 Å². The zero-order chi connectivity index (χ0) is 15.1. The molecule has 1 aliphatic heterocycles. The number of nitrogens with zero attached hydrogens (tertiary/aromatic N) is 4. The lowest BCUT2D eigenvalue weighted by Gasteiger charge is -2.33. The topological polar surface area (TPSA) is 45.4 Å². The van der Waals surface area contributed by atoms with Gasteiger partial charge in [-0.3, -0.25) is 0 Å². The highest BCUT2D eigenvalue weighted by Gasteiger charge is 2.13. The minimum atomic E-state index is 0.363. The molecule has 2 heterocycles. The van der Waals surface area contributed by atoms with Crippen molar-refractivity contribution in [3.8, 4) is 0 Å². The van der Waals surface area contributed by atoms with Gasteiger partial charge in [0.25, 0.3) is 0 Å². The second kappa shape index (κ2) is 8.37. The van der Waals surface area contributed by atoms with Crippen LogP contribution in [0.4, 0.5) is 0 Å². The molecule has 0 spiro atoms. The van der Waals surface area contributed by atoms with Gasteiger partial charge >= 0.3 is 0 Å². The Morgan fingerprint density at radius 1 is 1.10 bits per heavy atom. The molecule has 0 unspecified atom stereocenters. The molecule has 0 aromatic carbocycles. The van der Waals surface area contributed by atoms with E-state index >= 15 is 0 Å². The number of rotatable bonds is 3. The van der Waals surface area contributed by atoms with Crippen molar-refractivity contribution in [2.75, 3.05) is 39.8 Å². The number of aryl methyl sites for hydroxylation is 1. The fourth-order valence-corrected chi connectivity index (χ4v) is 2.10. The maximum atomic E-state index is 4.76. The lowest BCUT2D eigenvalue weighted by atomic mass is 10.2. The van der Waals surface area contributed by atoms with Gasteiger partial charge in [-0.25, -0.2) is 0 Å². The third-order valence-electron chi connectivity index (χ3n) is 3.28. The molecule has 1 saturated heterocycles.